The van der Waals surface area contributed by atoms with E-state index < -0.39 is 0 Å². The van der Waals surface area contributed by atoms with Crippen LogP contribution in [0, 0.1) is 0 Å². The van der Waals surface area contributed by atoms with Crippen LogP contribution in [0.15, 0.2) is 44.1 Å². The minimum absolute atomic E-state index is 0.0285. The Hall–Kier alpha value is -1.26. The Kier molecular flexibility index (Phi) is 2.04. The highest BCUT2D eigenvalue weighted by atomic mass is 35.5. The number of thiazole rings is 1. The van der Waals surface area contributed by atoms with Gasteiger partial charge in [0.1, 0.15) is 11.7 Å². The Balaban J connectivity index is 2.01. The summed E-state index contributed by atoms with van der Waals surface area (Å²) >= 11 is 7.43. The largest absolute Gasteiger partial charge is 0.251 e. The van der Waals surface area contributed by atoms with Crippen LogP contribution in [0.2, 0.25) is 0 Å². The summed E-state index contributed by atoms with van der Waals surface area (Å²) in [7, 11) is 0. The number of hydrogen-bond donors (Lipinski definition) is 0. The molecular weight excluding hydrogens is 230 g/mol. The molecule has 1 aromatic rings. The van der Waals surface area contributed by atoms with Gasteiger partial charge in [-0.1, -0.05) is 11.6 Å². The Morgan fingerprint density at radius 2 is 2.27 bits per heavy atom. The molecular formula is C10H6ClN3S. The van der Waals surface area contributed by atoms with Gasteiger partial charge in [0.2, 0.25) is 0 Å². The first kappa shape index (κ1) is 9.00. The number of hydrogen-bond acceptors (Lipinski definition) is 4. The molecule has 15 heavy (non-hydrogen) atoms. The summed E-state index contributed by atoms with van der Waals surface area (Å²) in [5.41, 5.74) is 3.54. The van der Waals surface area contributed by atoms with E-state index >= 15 is 0 Å². The van der Waals surface area contributed by atoms with E-state index in [0.29, 0.717) is 10.9 Å². The number of nitrogens with zero attached hydrogens (tertiary/aromatic N) is 3. The molecule has 0 unspecified atom stereocenters. The molecule has 0 N–H and O–H groups in total. The van der Waals surface area contributed by atoms with Crippen LogP contribution in [0.1, 0.15) is 5.69 Å². The van der Waals surface area contributed by atoms with Crippen LogP contribution in [-0.2, 0) is 0 Å². The van der Waals surface area contributed by atoms with E-state index in [4.69, 9.17) is 11.6 Å². The molecule has 1 aromatic heterocycles. The SMILES string of the molecule is ClC1=C[C@H]2N=C(c3cscn3)N=C2C=C1. The number of allylic oxidation sites excluding steroid dienone is 2. The first-order chi connectivity index (χ1) is 7.33. The van der Waals surface area contributed by atoms with Crippen molar-refractivity contribution < 1.29 is 0 Å². The molecule has 2 heterocycles. The summed E-state index contributed by atoms with van der Waals surface area (Å²) in [6.45, 7) is 0. The molecule has 74 valence electrons. The third-order valence-electron chi connectivity index (χ3n) is 2.19. The molecule has 0 saturated carbocycles. The summed E-state index contributed by atoms with van der Waals surface area (Å²) < 4.78 is 0. The molecule has 1 atom stereocenters. The molecule has 0 spiro atoms. The predicted octanol–water partition coefficient (Wildman–Crippen LogP) is 2.41. The van der Waals surface area contributed by atoms with Gasteiger partial charge in [-0.25, -0.2) is 9.98 Å². The normalized spacial score (nSPS) is 23.3. The van der Waals surface area contributed by atoms with Crippen LogP contribution < -0.4 is 0 Å². The molecule has 0 bridgehead atoms. The fraction of sp³-hybridized carbons (Fsp3) is 0.100. The van der Waals surface area contributed by atoms with Gasteiger partial charge in [0.25, 0.3) is 0 Å². The lowest BCUT2D eigenvalue weighted by Crippen LogP contribution is -2.12. The van der Waals surface area contributed by atoms with Crippen LogP contribution in [0.5, 0.6) is 0 Å². The van der Waals surface area contributed by atoms with Crippen LogP contribution in [-0.4, -0.2) is 22.6 Å². The number of amidine groups is 1. The van der Waals surface area contributed by atoms with Crippen molar-refractivity contribution in [3.8, 4) is 0 Å². The second-order valence-electron chi connectivity index (χ2n) is 3.19. The highest BCUT2D eigenvalue weighted by Gasteiger charge is 2.22. The predicted molar refractivity (Wildman–Crippen MR) is 63.0 cm³/mol. The van der Waals surface area contributed by atoms with Crippen LogP contribution >= 0.6 is 22.9 Å². The lowest BCUT2D eigenvalue weighted by Gasteiger charge is -2.05. The van der Waals surface area contributed by atoms with Crippen molar-refractivity contribution in [1.82, 2.24) is 4.98 Å². The summed E-state index contributed by atoms with van der Waals surface area (Å²) in [5, 5.41) is 2.65. The molecule has 1 aliphatic heterocycles. The summed E-state index contributed by atoms with van der Waals surface area (Å²) in [4.78, 5) is 13.0. The van der Waals surface area contributed by atoms with E-state index in [0.717, 1.165) is 11.4 Å². The van der Waals surface area contributed by atoms with Gasteiger partial charge in [0, 0.05) is 10.4 Å². The van der Waals surface area contributed by atoms with E-state index in [1.165, 1.54) is 11.3 Å². The van der Waals surface area contributed by atoms with Crippen molar-refractivity contribution >= 4 is 34.5 Å². The minimum Gasteiger partial charge on any atom is -0.251 e. The summed E-state index contributed by atoms with van der Waals surface area (Å²) in [6, 6.07) is -0.0285. The molecule has 1 aliphatic carbocycles. The smallest absolute Gasteiger partial charge is 0.175 e. The van der Waals surface area contributed by atoms with Crippen molar-refractivity contribution in [2.45, 2.75) is 6.04 Å². The molecule has 0 radical (unpaired) electrons. The Labute approximate surface area is 95.5 Å². The first-order valence-electron chi connectivity index (χ1n) is 4.43. The summed E-state index contributed by atoms with van der Waals surface area (Å²) in [5.74, 6) is 0.698. The maximum atomic E-state index is 5.89. The van der Waals surface area contributed by atoms with Gasteiger partial charge in [-0.15, -0.1) is 11.3 Å². The van der Waals surface area contributed by atoms with Gasteiger partial charge in [-0.05, 0) is 18.2 Å². The second kappa shape index (κ2) is 3.40. The number of halogens is 1. The maximum Gasteiger partial charge on any atom is 0.175 e. The third kappa shape index (κ3) is 1.56. The van der Waals surface area contributed by atoms with Gasteiger partial charge >= 0.3 is 0 Å². The average Bonchev–Trinajstić information content (AvgIpc) is 2.84. The lowest BCUT2D eigenvalue weighted by atomic mass is 10.1. The zero-order valence-corrected chi connectivity index (χ0v) is 9.16. The van der Waals surface area contributed by atoms with Gasteiger partial charge < -0.3 is 0 Å². The van der Waals surface area contributed by atoms with Gasteiger partial charge in [-0.2, -0.15) is 0 Å². The quantitative estimate of drug-likeness (QED) is 0.737. The first-order valence-corrected chi connectivity index (χ1v) is 5.75. The highest BCUT2D eigenvalue weighted by Crippen LogP contribution is 2.21. The third-order valence-corrected chi connectivity index (χ3v) is 3.03. The van der Waals surface area contributed by atoms with Crippen molar-refractivity contribution in [3.05, 3.63) is 39.8 Å². The second-order valence-corrected chi connectivity index (χ2v) is 4.35. The molecule has 5 heteroatoms. The maximum absolute atomic E-state index is 5.89. The van der Waals surface area contributed by atoms with Gasteiger partial charge in [0.05, 0.1) is 11.2 Å². The minimum atomic E-state index is -0.0285. The molecule has 0 amide bonds. The lowest BCUT2D eigenvalue weighted by molar-refractivity contribution is 1.10. The number of aliphatic imine (C=N–C) groups is 2. The molecule has 0 fully saturated rings. The van der Waals surface area contributed by atoms with E-state index in [-0.39, 0.29) is 6.04 Å². The van der Waals surface area contributed by atoms with Crippen LogP contribution in [0.3, 0.4) is 0 Å². The molecule has 2 aliphatic rings. The standard InChI is InChI=1S/C10H6ClN3S/c11-6-1-2-7-8(3-6)14-10(13-7)9-4-15-5-12-9/h1-5,8H/t8-/m1/s1. The molecule has 3 rings (SSSR count). The monoisotopic (exact) mass is 235 g/mol. The Morgan fingerprint density at radius 3 is 3.07 bits per heavy atom. The highest BCUT2D eigenvalue weighted by molar-refractivity contribution is 7.07. The Morgan fingerprint density at radius 1 is 1.33 bits per heavy atom. The summed E-state index contributed by atoms with van der Waals surface area (Å²) in [6.07, 6.45) is 5.62. The van der Waals surface area contributed by atoms with Crippen LogP contribution in [0.4, 0.5) is 0 Å². The number of aromatic nitrogens is 1. The van der Waals surface area contributed by atoms with E-state index in [1.54, 1.807) is 5.51 Å². The fourth-order valence-electron chi connectivity index (χ4n) is 1.49. The van der Waals surface area contributed by atoms with Gasteiger partial charge in [-0.3, -0.25) is 4.99 Å². The van der Waals surface area contributed by atoms with E-state index in [9.17, 15) is 0 Å². The molecule has 0 saturated heterocycles. The number of fused-ring (bicyclic) bond motifs is 1. The van der Waals surface area contributed by atoms with Crippen molar-refractivity contribution in [3.63, 3.8) is 0 Å². The molecule has 0 aromatic carbocycles. The topological polar surface area (TPSA) is 37.6 Å². The Bertz CT molecular complexity index is 511. The van der Waals surface area contributed by atoms with Gasteiger partial charge in [0.15, 0.2) is 5.84 Å². The number of rotatable bonds is 1. The van der Waals surface area contributed by atoms with Crippen LogP contribution in [0.25, 0.3) is 0 Å². The van der Waals surface area contributed by atoms with Crippen molar-refractivity contribution in [2.75, 3.05) is 0 Å². The van der Waals surface area contributed by atoms with Crippen molar-refractivity contribution in [2.24, 2.45) is 9.98 Å². The van der Waals surface area contributed by atoms with Crippen molar-refractivity contribution in [1.29, 1.82) is 0 Å². The molecule has 3 nitrogen and oxygen atoms in total. The fourth-order valence-corrected chi connectivity index (χ4v) is 2.20. The van der Waals surface area contributed by atoms with E-state index in [1.807, 2.05) is 23.6 Å². The average molecular weight is 236 g/mol. The zero-order valence-electron chi connectivity index (χ0n) is 7.59. The van der Waals surface area contributed by atoms with E-state index in [2.05, 4.69) is 15.0 Å². The zero-order chi connectivity index (χ0) is 10.3.